The summed E-state index contributed by atoms with van der Waals surface area (Å²) < 4.78 is 0. The van der Waals surface area contributed by atoms with Crippen molar-refractivity contribution in [2.24, 2.45) is 11.3 Å². The fourth-order valence-electron chi connectivity index (χ4n) is 10.1. The summed E-state index contributed by atoms with van der Waals surface area (Å²) in [5.41, 5.74) is 6.14. The van der Waals surface area contributed by atoms with Gasteiger partial charge in [0.1, 0.15) is 12.1 Å². The highest BCUT2D eigenvalue weighted by molar-refractivity contribution is 6.32. The molecule has 3 aromatic carbocycles. The second-order valence-corrected chi connectivity index (χ2v) is 17.5. The molecule has 8 rings (SSSR count). The Morgan fingerprint density at radius 3 is 2.25 bits per heavy atom. The number of amides is 3. The Kier molecular flexibility index (Phi) is 11.3. The maximum atomic E-state index is 13.5. The van der Waals surface area contributed by atoms with Crippen molar-refractivity contribution in [3.05, 3.63) is 88.4 Å². The van der Waals surface area contributed by atoms with Gasteiger partial charge in [-0.05, 0) is 149 Å². The zero-order chi connectivity index (χ0) is 38.8. The van der Waals surface area contributed by atoms with Crippen LogP contribution in [0.2, 0.25) is 5.02 Å². The Labute approximate surface area is 336 Å². The minimum Gasteiger partial charge on any atom is -0.374 e. The van der Waals surface area contributed by atoms with Gasteiger partial charge in [0.15, 0.2) is 0 Å². The molecule has 5 fully saturated rings. The number of piperidine rings is 4. The molecule has 294 valence electrons. The quantitative estimate of drug-likeness (QED) is 0.235. The highest BCUT2D eigenvalue weighted by atomic mass is 35.5. The number of rotatable bonds is 8. The average Bonchev–Trinajstić information content (AvgIpc) is 3.54. The summed E-state index contributed by atoms with van der Waals surface area (Å²) in [6.45, 7) is 10.3. The lowest BCUT2D eigenvalue weighted by Gasteiger charge is -2.40. The topological polar surface area (TPSA) is 112 Å². The molecule has 0 unspecified atom stereocenters. The predicted octanol–water partition coefficient (Wildman–Crippen LogP) is 7.05. The summed E-state index contributed by atoms with van der Waals surface area (Å²) in [6, 6.07) is 24.8. The van der Waals surface area contributed by atoms with E-state index in [1.54, 1.807) is 0 Å². The van der Waals surface area contributed by atoms with Crippen LogP contribution in [0.4, 0.5) is 17.1 Å². The lowest BCUT2D eigenvalue weighted by Crippen LogP contribution is -2.47. The SMILES string of the molecule is C[C@@H]1CC2(CCN(c3ccc(C(=O)N4CCC(CN5CCC(c6ccc(N[C@@H]7CCC(=O)NC7=O)cc6)CC5)CC4)cc3)CC2)CN1c1ccc(C#N)c(Cl)c1. The number of carbonyl (C=O) groups excluding carboxylic acids is 3. The molecule has 0 saturated carbocycles. The van der Waals surface area contributed by atoms with Crippen molar-refractivity contribution in [3.8, 4) is 6.07 Å². The number of hydrogen-bond acceptors (Lipinski definition) is 8. The number of imide groups is 1. The summed E-state index contributed by atoms with van der Waals surface area (Å²) in [4.78, 5) is 46.7. The van der Waals surface area contributed by atoms with E-state index in [1.807, 2.05) is 30.3 Å². The molecule has 56 heavy (non-hydrogen) atoms. The molecule has 3 aromatic rings. The molecule has 5 saturated heterocycles. The molecule has 2 N–H and O–H groups in total. The number of halogens is 1. The van der Waals surface area contributed by atoms with Gasteiger partial charge in [-0.3, -0.25) is 19.7 Å². The van der Waals surface area contributed by atoms with E-state index in [0.717, 1.165) is 114 Å². The normalized spacial score (nSPS) is 23.6. The van der Waals surface area contributed by atoms with Gasteiger partial charge in [-0.1, -0.05) is 23.7 Å². The van der Waals surface area contributed by atoms with Crippen molar-refractivity contribution in [3.63, 3.8) is 0 Å². The molecule has 11 heteroatoms. The largest absolute Gasteiger partial charge is 0.374 e. The molecule has 3 amide bonds. The third-order valence-electron chi connectivity index (χ3n) is 13.4. The van der Waals surface area contributed by atoms with Gasteiger partial charge in [0, 0.05) is 74.4 Å². The van der Waals surface area contributed by atoms with Crippen molar-refractivity contribution in [1.82, 2.24) is 15.1 Å². The smallest absolute Gasteiger partial charge is 0.253 e. The Balaban J connectivity index is 0.752. The third kappa shape index (κ3) is 8.40. The van der Waals surface area contributed by atoms with Gasteiger partial charge >= 0.3 is 0 Å². The van der Waals surface area contributed by atoms with Crippen LogP contribution in [0.15, 0.2) is 66.7 Å². The molecule has 0 aromatic heterocycles. The van der Waals surface area contributed by atoms with Crippen LogP contribution in [-0.2, 0) is 9.59 Å². The first kappa shape index (κ1) is 38.3. The van der Waals surface area contributed by atoms with Crippen LogP contribution >= 0.6 is 11.6 Å². The maximum absolute atomic E-state index is 13.5. The minimum absolute atomic E-state index is 0.148. The lowest BCUT2D eigenvalue weighted by atomic mass is 9.76. The number of anilines is 3. The summed E-state index contributed by atoms with van der Waals surface area (Å²) >= 11 is 6.38. The van der Waals surface area contributed by atoms with E-state index in [2.05, 4.69) is 79.6 Å². The van der Waals surface area contributed by atoms with Crippen LogP contribution in [-0.4, -0.2) is 92.0 Å². The molecule has 5 heterocycles. The van der Waals surface area contributed by atoms with Crippen molar-refractivity contribution in [1.29, 1.82) is 5.26 Å². The molecule has 0 radical (unpaired) electrons. The highest BCUT2D eigenvalue weighted by Gasteiger charge is 2.44. The standard InChI is InChI=1S/C45H54ClN7O3/c1-31-27-45(30-53(31)39-11-6-36(28-47)40(46)26-39)18-24-51(25-19-45)38-9-4-35(5-10-38)44(56)52-22-14-32(15-23-52)29-50-20-16-34(17-21-50)33-2-7-37(8-3-33)48-41-12-13-42(54)49-43(41)55/h2-11,26,31-32,34,41,48H,12-25,27,29-30H2,1H3,(H,49,54,55)/t31-,41-/m1/s1. The number of benzene rings is 3. The van der Waals surface area contributed by atoms with Crippen molar-refractivity contribution >= 4 is 46.4 Å². The first-order valence-electron chi connectivity index (χ1n) is 20.7. The van der Waals surface area contributed by atoms with Crippen molar-refractivity contribution < 1.29 is 14.4 Å². The van der Waals surface area contributed by atoms with Crippen molar-refractivity contribution in [2.75, 3.05) is 67.5 Å². The van der Waals surface area contributed by atoms with E-state index in [9.17, 15) is 19.6 Å². The number of likely N-dealkylation sites (tertiary alicyclic amines) is 2. The van der Waals surface area contributed by atoms with Crippen LogP contribution < -0.4 is 20.4 Å². The second-order valence-electron chi connectivity index (χ2n) is 17.1. The number of nitrogens with zero attached hydrogens (tertiary/aromatic N) is 5. The van der Waals surface area contributed by atoms with E-state index in [0.29, 0.717) is 41.3 Å². The zero-order valence-electron chi connectivity index (χ0n) is 32.5. The summed E-state index contributed by atoms with van der Waals surface area (Å²) in [5.74, 6) is 0.864. The van der Waals surface area contributed by atoms with E-state index < -0.39 is 0 Å². The predicted molar refractivity (Wildman–Crippen MR) is 221 cm³/mol. The Bertz CT molecular complexity index is 1940. The molecule has 10 nitrogen and oxygen atoms in total. The van der Waals surface area contributed by atoms with Crippen molar-refractivity contribution in [2.45, 2.75) is 82.7 Å². The van der Waals surface area contributed by atoms with E-state index in [1.165, 1.54) is 11.3 Å². The number of hydrogen-bond donors (Lipinski definition) is 2. The van der Waals surface area contributed by atoms with Crippen LogP contribution in [0.25, 0.3) is 0 Å². The summed E-state index contributed by atoms with van der Waals surface area (Å²) in [5, 5.41) is 15.5. The van der Waals surface area contributed by atoms with E-state index in [4.69, 9.17) is 11.6 Å². The van der Waals surface area contributed by atoms with E-state index >= 15 is 0 Å². The summed E-state index contributed by atoms with van der Waals surface area (Å²) in [7, 11) is 0. The number of nitrogens with one attached hydrogen (secondary N) is 2. The monoisotopic (exact) mass is 775 g/mol. The van der Waals surface area contributed by atoms with E-state index in [-0.39, 0.29) is 29.2 Å². The molecular weight excluding hydrogens is 722 g/mol. The third-order valence-corrected chi connectivity index (χ3v) is 13.8. The van der Waals surface area contributed by atoms with Gasteiger partial charge in [0.05, 0.1) is 10.6 Å². The summed E-state index contributed by atoms with van der Waals surface area (Å²) in [6.07, 6.45) is 8.69. The molecule has 5 aliphatic heterocycles. The Morgan fingerprint density at radius 1 is 0.893 bits per heavy atom. The fraction of sp³-hybridized carbons (Fsp3) is 0.511. The zero-order valence-corrected chi connectivity index (χ0v) is 33.3. The second kappa shape index (κ2) is 16.5. The van der Waals surface area contributed by atoms with Gasteiger partial charge < -0.3 is 24.9 Å². The van der Waals surface area contributed by atoms with Gasteiger partial charge in [0.2, 0.25) is 11.8 Å². The average molecular weight is 776 g/mol. The van der Waals surface area contributed by atoms with Gasteiger partial charge in [-0.2, -0.15) is 5.26 Å². The Morgan fingerprint density at radius 2 is 1.59 bits per heavy atom. The van der Waals surface area contributed by atoms with Crippen LogP contribution in [0.3, 0.4) is 0 Å². The first-order valence-corrected chi connectivity index (χ1v) is 21.1. The minimum atomic E-state index is -0.364. The highest BCUT2D eigenvalue weighted by Crippen LogP contribution is 2.46. The van der Waals surface area contributed by atoms with Crippen LogP contribution in [0, 0.1) is 22.7 Å². The Hall–Kier alpha value is -4.59. The van der Waals surface area contributed by atoms with Crippen LogP contribution in [0.1, 0.15) is 92.1 Å². The molecular formula is C45H54ClN7O3. The number of nitriles is 1. The first-order chi connectivity index (χ1) is 27.1. The maximum Gasteiger partial charge on any atom is 0.253 e. The van der Waals surface area contributed by atoms with Gasteiger partial charge in [0.25, 0.3) is 5.91 Å². The fourth-order valence-corrected chi connectivity index (χ4v) is 10.3. The van der Waals surface area contributed by atoms with Gasteiger partial charge in [-0.15, -0.1) is 0 Å². The van der Waals surface area contributed by atoms with Crippen LogP contribution in [0.5, 0.6) is 0 Å². The van der Waals surface area contributed by atoms with Gasteiger partial charge in [-0.25, -0.2) is 0 Å². The molecule has 1 spiro atoms. The molecule has 2 atom stereocenters. The lowest BCUT2D eigenvalue weighted by molar-refractivity contribution is -0.133. The molecule has 0 aliphatic carbocycles. The number of carbonyl (C=O) groups is 3. The molecule has 5 aliphatic rings. The molecule has 0 bridgehead atoms.